The molecule has 0 saturated heterocycles. The lowest BCUT2D eigenvalue weighted by atomic mass is 10.2. The van der Waals surface area contributed by atoms with Gasteiger partial charge in [0.1, 0.15) is 5.84 Å². The summed E-state index contributed by atoms with van der Waals surface area (Å²) in [6, 6.07) is 7.45. The first kappa shape index (κ1) is 17.1. The Bertz CT molecular complexity index is 904. The van der Waals surface area contributed by atoms with Crippen LogP contribution in [0.25, 0.3) is 5.69 Å². The van der Waals surface area contributed by atoms with Crippen molar-refractivity contribution in [2.24, 2.45) is 9.98 Å². The summed E-state index contributed by atoms with van der Waals surface area (Å²) in [4.78, 5) is 23.2. The minimum Gasteiger partial charge on any atom is -0.358 e. The lowest BCUT2D eigenvalue weighted by Gasteiger charge is -2.32. The van der Waals surface area contributed by atoms with Gasteiger partial charge < -0.3 is 10.2 Å². The molecule has 0 atom stereocenters. The van der Waals surface area contributed by atoms with Crippen LogP contribution in [0.1, 0.15) is 12.0 Å². The van der Waals surface area contributed by atoms with E-state index < -0.39 is 0 Å². The standard InChI is InChI=1S/C17H17ClN6OS/c1-19-14(25)10-26-17-22-16-13(15-20-7-2-8-23(15)17)9-21-24(16)12-5-3-11(18)4-6-12/h3-6,9H,2,7-8,10H2,1H3,(H,19,25). The molecule has 1 aromatic heterocycles. The van der Waals surface area contributed by atoms with Crippen LogP contribution < -0.4 is 5.32 Å². The highest BCUT2D eigenvalue weighted by molar-refractivity contribution is 8.14. The van der Waals surface area contributed by atoms with Crippen molar-refractivity contribution >= 4 is 46.1 Å². The predicted octanol–water partition coefficient (Wildman–Crippen LogP) is 2.46. The van der Waals surface area contributed by atoms with Gasteiger partial charge in [0.15, 0.2) is 11.0 Å². The minimum absolute atomic E-state index is 0.0368. The second kappa shape index (κ2) is 7.13. The number of aliphatic imine (C=N–C) groups is 2. The first-order chi connectivity index (χ1) is 12.7. The smallest absolute Gasteiger partial charge is 0.230 e. The van der Waals surface area contributed by atoms with Crippen LogP contribution in [0.5, 0.6) is 0 Å². The summed E-state index contributed by atoms with van der Waals surface area (Å²) >= 11 is 7.40. The summed E-state index contributed by atoms with van der Waals surface area (Å²) in [5.41, 5.74) is 1.78. The van der Waals surface area contributed by atoms with E-state index in [1.807, 2.05) is 24.3 Å². The number of amidine groups is 2. The summed E-state index contributed by atoms with van der Waals surface area (Å²) in [7, 11) is 1.63. The molecule has 2 aromatic rings. The zero-order chi connectivity index (χ0) is 18.1. The fourth-order valence-corrected chi connectivity index (χ4v) is 3.88. The SMILES string of the molecule is CNC(=O)CSC1=Nc2c(cnn2-c2ccc(Cl)cc2)C2=NCCCN12. The van der Waals surface area contributed by atoms with Crippen molar-refractivity contribution in [3.8, 4) is 5.69 Å². The second-order valence-corrected chi connectivity index (χ2v) is 7.22. The summed E-state index contributed by atoms with van der Waals surface area (Å²) in [5, 5.41) is 8.59. The van der Waals surface area contributed by atoms with Gasteiger partial charge >= 0.3 is 0 Å². The Morgan fingerprint density at radius 3 is 2.92 bits per heavy atom. The average Bonchev–Trinajstić information content (AvgIpc) is 3.10. The van der Waals surface area contributed by atoms with Crippen LogP contribution >= 0.6 is 23.4 Å². The average molecular weight is 389 g/mol. The van der Waals surface area contributed by atoms with Crippen molar-refractivity contribution in [1.29, 1.82) is 0 Å². The Balaban J connectivity index is 1.76. The van der Waals surface area contributed by atoms with E-state index in [2.05, 4.69) is 20.3 Å². The molecule has 0 radical (unpaired) electrons. The maximum Gasteiger partial charge on any atom is 0.230 e. The second-order valence-electron chi connectivity index (χ2n) is 5.84. The minimum atomic E-state index is -0.0368. The van der Waals surface area contributed by atoms with E-state index in [4.69, 9.17) is 16.6 Å². The van der Waals surface area contributed by atoms with Crippen molar-refractivity contribution in [3.05, 3.63) is 41.0 Å². The number of nitrogens with one attached hydrogen (secondary N) is 1. The number of fused-ring (bicyclic) bond motifs is 3. The topological polar surface area (TPSA) is 74.9 Å². The summed E-state index contributed by atoms with van der Waals surface area (Å²) in [6.45, 7) is 1.62. The molecule has 26 heavy (non-hydrogen) atoms. The van der Waals surface area contributed by atoms with E-state index in [1.54, 1.807) is 17.9 Å². The maximum absolute atomic E-state index is 11.7. The van der Waals surface area contributed by atoms with Crippen molar-refractivity contribution < 1.29 is 4.79 Å². The highest BCUT2D eigenvalue weighted by atomic mass is 35.5. The molecule has 9 heteroatoms. The van der Waals surface area contributed by atoms with Crippen LogP contribution in [0.15, 0.2) is 40.4 Å². The van der Waals surface area contributed by atoms with E-state index in [0.29, 0.717) is 10.8 Å². The van der Waals surface area contributed by atoms with Gasteiger partial charge in [0, 0.05) is 25.2 Å². The number of amides is 1. The van der Waals surface area contributed by atoms with Crippen LogP contribution in [0.3, 0.4) is 0 Å². The lowest BCUT2D eigenvalue weighted by molar-refractivity contribution is -0.118. The Morgan fingerprint density at radius 1 is 1.35 bits per heavy atom. The molecule has 134 valence electrons. The Morgan fingerprint density at radius 2 is 2.15 bits per heavy atom. The Kier molecular flexibility index (Phi) is 4.69. The van der Waals surface area contributed by atoms with Crippen LogP contribution in [-0.4, -0.2) is 57.5 Å². The number of thioether (sulfide) groups is 1. The number of halogens is 1. The largest absolute Gasteiger partial charge is 0.358 e. The maximum atomic E-state index is 11.7. The predicted molar refractivity (Wildman–Crippen MR) is 105 cm³/mol. The number of hydrogen-bond donors (Lipinski definition) is 1. The highest BCUT2D eigenvalue weighted by Gasteiger charge is 2.31. The molecule has 0 unspecified atom stereocenters. The van der Waals surface area contributed by atoms with Crippen LogP contribution in [0.4, 0.5) is 5.82 Å². The van der Waals surface area contributed by atoms with Gasteiger partial charge in [0.25, 0.3) is 0 Å². The third-order valence-corrected chi connectivity index (χ3v) is 5.39. The van der Waals surface area contributed by atoms with Gasteiger partial charge in [-0.2, -0.15) is 5.10 Å². The number of carbonyl (C=O) groups is 1. The number of benzene rings is 1. The molecule has 1 amide bonds. The zero-order valence-electron chi connectivity index (χ0n) is 14.1. The first-order valence-corrected chi connectivity index (χ1v) is 9.62. The Labute approximate surface area is 160 Å². The normalized spacial score (nSPS) is 15.7. The quantitative estimate of drug-likeness (QED) is 0.876. The molecule has 2 aliphatic heterocycles. The van der Waals surface area contributed by atoms with Gasteiger partial charge in [0.05, 0.1) is 23.2 Å². The van der Waals surface area contributed by atoms with E-state index in [9.17, 15) is 4.79 Å². The summed E-state index contributed by atoms with van der Waals surface area (Å²) in [5.74, 6) is 1.87. The molecule has 1 N–H and O–H groups in total. The molecule has 0 fully saturated rings. The molecule has 7 nitrogen and oxygen atoms in total. The molecule has 2 aliphatic rings. The van der Waals surface area contributed by atoms with E-state index in [-0.39, 0.29) is 5.91 Å². The first-order valence-electron chi connectivity index (χ1n) is 8.26. The van der Waals surface area contributed by atoms with Crippen LogP contribution in [-0.2, 0) is 4.79 Å². The Hall–Kier alpha value is -2.32. The van der Waals surface area contributed by atoms with Gasteiger partial charge in [-0.3, -0.25) is 9.79 Å². The van der Waals surface area contributed by atoms with Crippen molar-refractivity contribution in [1.82, 2.24) is 20.0 Å². The number of rotatable bonds is 3. The van der Waals surface area contributed by atoms with Gasteiger partial charge in [-0.1, -0.05) is 23.4 Å². The third kappa shape index (κ3) is 3.10. The molecule has 3 heterocycles. The molecule has 0 bridgehead atoms. The van der Waals surface area contributed by atoms with E-state index >= 15 is 0 Å². The molecular formula is C17H17ClN6OS. The van der Waals surface area contributed by atoms with Crippen molar-refractivity contribution in [2.45, 2.75) is 6.42 Å². The van der Waals surface area contributed by atoms with E-state index in [0.717, 1.165) is 47.6 Å². The zero-order valence-corrected chi connectivity index (χ0v) is 15.7. The third-order valence-electron chi connectivity index (χ3n) is 4.16. The fourth-order valence-electron chi connectivity index (χ4n) is 2.86. The highest BCUT2D eigenvalue weighted by Crippen LogP contribution is 2.33. The van der Waals surface area contributed by atoms with Crippen molar-refractivity contribution in [3.63, 3.8) is 0 Å². The fraction of sp³-hybridized carbons (Fsp3) is 0.294. The molecule has 0 spiro atoms. The summed E-state index contributed by atoms with van der Waals surface area (Å²) in [6.07, 6.45) is 2.76. The summed E-state index contributed by atoms with van der Waals surface area (Å²) < 4.78 is 1.78. The van der Waals surface area contributed by atoms with E-state index in [1.165, 1.54) is 11.8 Å². The molecule has 1 aromatic carbocycles. The number of aromatic nitrogens is 2. The van der Waals surface area contributed by atoms with Crippen molar-refractivity contribution in [2.75, 3.05) is 25.9 Å². The van der Waals surface area contributed by atoms with Gasteiger partial charge in [0.2, 0.25) is 5.91 Å². The molecule has 0 aliphatic carbocycles. The number of carbonyl (C=O) groups excluding carboxylic acids is 1. The number of hydrogen-bond acceptors (Lipinski definition) is 6. The van der Waals surface area contributed by atoms with Crippen LogP contribution in [0, 0.1) is 0 Å². The van der Waals surface area contributed by atoms with Gasteiger partial charge in [-0.25, -0.2) is 9.67 Å². The van der Waals surface area contributed by atoms with Gasteiger partial charge in [-0.15, -0.1) is 0 Å². The lowest BCUT2D eigenvalue weighted by Crippen LogP contribution is -2.42. The monoisotopic (exact) mass is 388 g/mol. The van der Waals surface area contributed by atoms with Crippen LogP contribution in [0.2, 0.25) is 5.02 Å². The molecule has 4 rings (SSSR count). The van der Waals surface area contributed by atoms with Gasteiger partial charge in [-0.05, 0) is 30.7 Å². The molecule has 0 saturated carbocycles. The number of nitrogens with zero attached hydrogens (tertiary/aromatic N) is 5. The molecular weight excluding hydrogens is 372 g/mol.